The number of rotatable bonds is 16. The Morgan fingerprint density at radius 2 is 1.67 bits per heavy atom. The van der Waals surface area contributed by atoms with Crippen molar-refractivity contribution < 1.29 is 43.1 Å². The number of hydrogen-bond donors (Lipinski definition) is 7. The number of fused-ring (bicyclic) bond motifs is 1. The number of benzene rings is 1. The van der Waals surface area contributed by atoms with Crippen LogP contribution in [-0.4, -0.2) is 79.7 Å². The van der Waals surface area contributed by atoms with E-state index in [-0.39, 0.29) is 74.3 Å². The molecule has 2 atom stereocenters. The number of anilines is 5. The first-order chi connectivity index (χ1) is 28.3. The number of nitrogens with two attached hydrogens (primary N) is 2. The fourth-order valence-electron chi connectivity index (χ4n) is 5.24. The maximum Gasteiger partial charge on any atom is 0.408 e. The van der Waals surface area contributed by atoms with E-state index < -0.39 is 53.4 Å². The van der Waals surface area contributed by atoms with E-state index in [0.29, 0.717) is 12.8 Å². The summed E-state index contributed by atoms with van der Waals surface area (Å²) in [5.41, 5.74) is 13.5. The van der Waals surface area contributed by atoms with E-state index in [1.165, 1.54) is 43.5 Å². The number of nitrogen functional groups attached to an aromatic ring is 2. The molecular weight excluding hydrogens is 801 g/mol. The van der Waals surface area contributed by atoms with Crippen LogP contribution in [-0.2, 0) is 35.3 Å². The van der Waals surface area contributed by atoms with Crippen LogP contribution in [0.2, 0.25) is 0 Å². The van der Waals surface area contributed by atoms with Gasteiger partial charge in [0.1, 0.15) is 17.7 Å². The molecule has 0 unspecified atom stereocenters. The van der Waals surface area contributed by atoms with Crippen molar-refractivity contribution >= 4 is 92.7 Å². The van der Waals surface area contributed by atoms with Gasteiger partial charge in [-0.05, 0) is 70.4 Å². The number of hydroxylamine groups is 1. The lowest BCUT2D eigenvalue weighted by molar-refractivity contribution is -0.149. The van der Waals surface area contributed by atoms with Crippen molar-refractivity contribution in [2.24, 2.45) is 5.92 Å². The van der Waals surface area contributed by atoms with Crippen molar-refractivity contribution in [1.29, 1.82) is 0 Å². The van der Waals surface area contributed by atoms with Gasteiger partial charge in [-0.15, -0.1) is 11.3 Å². The van der Waals surface area contributed by atoms with Crippen LogP contribution >= 0.6 is 11.3 Å². The van der Waals surface area contributed by atoms with Crippen molar-refractivity contribution in [3.63, 3.8) is 0 Å². The summed E-state index contributed by atoms with van der Waals surface area (Å²) >= 11 is 0.922. The summed E-state index contributed by atoms with van der Waals surface area (Å²) < 4.78 is 5.26. The molecule has 0 aliphatic rings. The molecule has 0 saturated heterocycles. The van der Waals surface area contributed by atoms with Crippen molar-refractivity contribution in [2.75, 3.05) is 27.0 Å². The second-order valence-electron chi connectivity index (χ2n) is 14.7. The summed E-state index contributed by atoms with van der Waals surface area (Å²) in [4.78, 5) is 112. The number of hydrogen-bond acceptors (Lipinski definition) is 16. The maximum absolute atomic E-state index is 13.6. The van der Waals surface area contributed by atoms with Gasteiger partial charge in [0.2, 0.25) is 24.2 Å². The summed E-state index contributed by atoms with van der Waals surface area (Å²) in [5.74, 6) is -3.76. The lowest BCUT2D eigenvalue weighted by Crippen LogP contribution is -2.54. The first-order valence-electron chi connectivity index (χ1n) is 18.7. The van der Waals surface area contributed by atoms with Crippen LogP contribution in [0.15, 0.2) is 36.5 Å². The molecule has 22 heteroatoms. The fourth-order valence-corrected chi connectivity index (χ4v) is 6.05. The molecule has 0 spiro atoms. The van der Waals surface area contributed by atoms with Gasteiger partial charge < -0.3 is 47.2 Å². The first kappa shape index (κ1) is 45.7. The molecule has 6 amide bonds. The summed E-state index contributed by atoms with van der Waals surface area (Å²) in [7, 11) is 0. The summed E-state index contributed by atoms with van der Waals surface area (Å²) in [5, 5.41) is 10.8. The predicted octanol–water partition coefficient (Wildman–Crippen LogP) is 3.43. The minimum Gasteiger partial charge on any atom is -0.444 e. The van der Waals surface area contributed by atoms with Crippen LogP contribution in [0.25, 0.3) is 11.2 Å². The lowest BCUT2D eigenvalue weighted by Gasteiger charge is -2.26. The Morgan fingerprint density at radius 3 is 2.33 bits per heavy atom. The SMILES string of the molecule is CCCCC(=O)ONC(=O)c1ccc(NC(=O)c2ccc(NC(=O)[C@H](C)NC(=O)[C@@H](NC(=O)OC(C)(C)C)C(C)C)s2)c(N(C=O)Cc2cnc3nc(N)nc(N)c3n2)c1. The fraction of sp³-hybridized carbons (Fsp3) is 0.395. The number of ether oxygens (including phenoxy) is 1. The van der Waals surface area contributed by atoms with Crippen LogP contribution in [0.1, 0.15) is 93.5 Å². The average Bonchev–Trinajstić information content (AvgIpc) is 3.65. The van der Waals surface area contributed by atoms with E-state index >= 15 is 0 Å². The Kier molecular flexibility index (Phi) is 15.3. The van der Waals surface area contributed by atoms with Crippen molar-refractivity contribution in [1.82, 2.24) is 36.0 Å². The number of aromatic nitrogens is 4. The molecule has 4 aromatic rings. The van der Waals surface area contributed by atoms with Gasteiger partial charge in [0, 0.05) is 12.0 Å². The quantitative estimate of drug-likeness (QED) is 0.0628. The van der Waals surface area contributed by atoms with Gasteiger partial charge in [0.15, 0.2) is 17.0 Å². The van der Waals surface area contributed by atoms with Gasteiger partial charge >= 0.3 is 12.1 Å². The van der Waals surface area contributed by atoms with Crippen LogP contribution in [0.4, 0.5) is 32.9 Å². The van der Waals surface area contributed by atoms with Gasteiger partial charge in [0.05, 0.1) is 39.7 Å². The molecule has 0 fully saturated rings. The zero-order valence-corrected chi connectivity index (χ0v) is 34.9. The number of carbonyl (C=O) groups excluding carboxylic acids is 7. The zero-order valence-electron chi connectivity index (χ0n) is 34.1. The number of amides is 6. The molecule has 0 saturated carbocycles. The number of carbonyl (C=O) groups is 7. The Hall–Kier alpha value is -6.97. The van der Waals surface area contributed by atoms with Gasteiger partial charge in [-0.1, -0.05) is 27.2 Å². The van der Waals surface area contributed by atoms with E-state index in [4.69, 9.17) is 21.0 Å². The second kappa shape index (κ2) is 20.1. The van der Waals surface area contributed by atoms with E-state index in [1.54, 1.807) is 34.6 Å². The largest absolute Gasteiger partial charge is 0.444 e. The molecule has 0 radical (unpaired) electrons. The molecular formula is C38H48N12O9S. The Bertz CT molecular complexity index is 2260. The molecule has 320 valence electrons. The summed E-state index contributed by atoms with van der Waals surface area (Å²) in [6, 6.07) is 4.93. The molecule has 0 aliphatic heterocycles. The molecule has 0 bridgehead atoms. The van der Waals surface area contributed by atoms with Crippen LogP contribution in [0, 0.1) is 5.92 Å². The standard InChI is InChI=1S/C38H48N12O9S/c1-8-9-10-27(52)59-49-33(54)21-11-12-23(24(15-21)50(18-51)17-22-16-41-31-29(43-22)30(39)47-36(40)48-31)44-34(55)25-13-14-26(60-25)45-32(53)20(4)42-35(56)28(19(2)3)46-37(57)58-38(5,6)7/h11-16,18-20,28H,8-10,17H2,1-7H3,(H,42,56)(H,44,55)(H,45,53)(H,46,57)(H,49,54)(H4,39,40,41,47,48)/t20-,28-/m0/s1. The van der Waals surface area contributed by atoms with Gasteiger partial charge in [-0.25, -0.2) is 19.6 Å². The van der Waals surface area contributed by atoms with Gasteiger partial charge in [0.25, 0.3) is 11.8 Å². The van der Waals surface area contributed by atoms with Gasteiger partial charge in [-0.2, -0.15) is 15.4 Å². The van der Waals surface area contributed by atoms with E-state index in [0.717, 1.165) is 22.7 Å². The van der Waals surface area contributed by atoms with E-state index in [1.807, 2.05) is 6.92 Å². The summed E-state index contributed by atoms with van der Waals surface area (Å²) in [6.07, 6.45) is 2.41. The Labute approximate surface area is 348 Å². The van der Waals surface area contributed by atoms with Crippen LogP contribution < -0.4 is 43.1 Å². The van der Waals surface area contributed by atoms with Crippen molar-refractivity contribution in [3.8, 4) is 0 Å². The van der Waals surface area contributed by atoms with E-state index in [9.17, 15) is 33.6 Å². The first-order valence-corrected chi connectivity index (χ1v) is 19.5. The Morgan fingerprint density at radius 1 is 0.933 bits per heavy atom. The Balaban J connectivity index is 1.52. The molecule has 1 aromatic carbocycles. The predicted molar refractivity (Wildman–Crippen MR) is 222 cm³/mol. The summed E-state index contributed by atoms with van der Waals surface area (Å²) in [6.45, 7) is 11.7. The number of nitrogens with zero attached hydrogens (tertiary/aromatic N) is 5. The minimum absolute atomic E-state index is 0.0291. The number of thiophene rings is 1. The normalized spacial score (nSPS) is 12.1. The topological polar surface area (TPSA) is 305 Å². The highest BCUT2D eigenvalue weighted by Gasteiger charge is 2.29. The maximum atomic E-state index is 13.6. The lowest BCUT2D eigenvalue weighted by atomic mass is 10.0. The number of alkyl carbamates (subject to hydrolysis) is 1. The third-order valence-corrected chi connectivity index (χ3v) is 9.22. The smallest absolute Gasteiger partial charge is 0.408 e. The minimum atomic E-state index is -1.04. The highest BCUT2D eigenvalue weighted by molar-refractivity contribution is 7.18. The van der Waals surface area contributed by atoms with Crippen molar-refractivity contribution in [2.45, 2.75) is 92.0 Å². The number of unbranched alkanes of at least 4 members (excludes halogenated alkanes) is 1. The monoisotopic (exact) mass is 848 g/mol. The molecule has 3 heterocycles. The van der Waals surface area contributed by atoms with Crippen LogP contribution in [0.3, 0.4) is 0 Å². The average molecular weight is 849 g/mol. The highest BCUT2D eigenvalue weighted by Crippen LogP contribution is 2.30. The molecule has 60 heavy (non-hydrogen) atoms. The van der Waals surface area contributed by atoms with Crippen molar-refractivity contribution in [3.05, 3.63) is 52.7 Å². The van der Waals surface area contributed by atoms with E-state index in [2.05, 4.69) is 46.7 Å². The molecule has 4 rings (SSSR count). The third-order valence-electron chi connectivity index (χ3n) is 8.22. The van der Waals surface area contributed by atoms with Gasteiger partial charge in [-0.3, -0.25) is 24.0 Å². The highest BCUT2D eigenvalue weighted by atomic mass is 32.1. The molecule has 9 N–H and O–H groups in total. The zero-order chi connectivity index (χ0) is 44.3. The second-order valence-corrected chi connectivity index (χ2v) is 15.8. The number of nitrogens with one attached hydrogen (secondary N) is 5. The molecule has 21 nitrogen and oxygen atoms in total. The van der Waals surface area contributed by atoms with Crippen LogP contribution in [0.5, 0.6) is 0 Å². The molecule has 3 aromatic heterocycles. The molecule has 0 aliphatic carbocycles. The third kappa shape index (κ3) is 12.8.